The van der Waals surface area contributed by atoms with Gasteiger partial charge in [0.05, 0.1) is 6.10 Å². The lowest BCUT2D eigenvalue weighted by molar-refractivity contribution is -0.142. The molecule has 1 aliphatic carbocycles. The second kappa shape index (κ2) is 7.48. The quantitative estimate of drug-likeness (QED) is 0.684. The molecule has 1 rings (SSSR count). The van der Waals surface area contributed by atoms with E-state index in [0.29, 0.717) is 6.42 Å². The second-order valence-electron chi connectivity index (χ2n) is 5.90. The first kappa shape index (κ1) is 16.0. The first-order chi connectivity index (χ1) is 8.90. The molecular weight excluding hydrogens is 246 g/mol. The lowest BCUT2D eigenvalue weighted by Crippen LogP contribution is -2.43. The Labute approximate surface area is 114 Å². The Morgan fingerprint density at radius 2 is 1.89 bits per heavy atom. The van der Waals surface area contributed by atoms with E-state index in [-0.39, 0.29) is 24.2 Å². The molecule has 3 atom stereocenters. The molecule has 5 nitrogen and oxygen atoms in total. The fourth-order valence-electron chi connectivity index (χ4n) is 2.61. The van der Waals surface area contributed by atoms with Crippen molar-refractivity contribution < 1.29 is 19.8 Å². The maximum atomic E-state index is 11.9. The van der Waals surface area contributed by atoms with Crippen LogP contribution in [0.25, 0.3) is 0 Å². The van der Waals surface area contributed by atoms with Gasteiger partial charge in [-0.1, -0.05) is 26.7 Å². The summed E-state index contributed by atoms with van der Waals surface area (Å²) in [5.41, 5.74) is 0. The molecule has 0 aromatic rings. The monoisotopic (exact) mass is 271 g/mol. The average molecular weight is 271 g/mol. The van der Waals surface area contributed by atoms with Gasteiger partial charge in [0, 0.05) is 6.42 Å². The number of aliphatic carboxylic acids is 1. The summed E-state index contributed by atoms with van der Waals surface area (Å²) in [5.74, 6) is -1.07. The number of hydrogen-bond donors (Lipinski definition) is 3. The average Bonchev–Trinajstić information content (AvgIpc) is 2.30. The number of hydrogen-bond acceptors (Lipinski definition) is 3. The van der Waals surface area contributed by atoms with Crippen LogP contribution in [0.3, 0.4) is 0 Å². The van der Waals surface area contributed by atoms with E-state index in [1.165, 1.54) is 0 Å². The van der Waals surface area contributed by atoms with Crippen molar-refractivity contribution in [2.24, 2.45) is 11.8 Å². The summed E-state index contributed by atoms with van der Waals surface area (Å²) in [7, 11) is 0. The van der Waals surface area contributed by atoms with E-state index < -0.39 is 18.1 Å². The SMILES string of the molecule is CC(C)C[C@H](NC(=O)C[C@@H]1CCCC[C@H]1O)C(=O)O. The second-order valence-corrected chi connectivity index (χ2v) is 5.90. The van der Waals surface area contributed by atoms with Crippen molar-refractivity contribution in [3.63, 3.8) is 0 Å². The van der Waals surface area contributed by atoms with Crippen LogP contribution in [0.15, 0.2) is 0 Å². The van der Waals surface area contributed by atoms with Gasteiger partial charge in [-0.25, -0.2) is 4.79 Å². The number of carboxylic acid groups (broad SMARTS) is 1. The summed E-state index contributed by atoms with van der Waals surface area (Å²) >= 11 is 0. The van der Waals surface area contributed by atoms with E-state index in [2.05, 4.69) is 5.32 Å². The van der Waals surface area contributed by atoms with E-state index >= 15 is 0 Å². The van der Waals surface area contributed by atoms with Gasteiger partial charge in [-0.2, -0.15) is 0 Å². The fourth-order valence-corrected chi connectivity index (χ4v) is 2.61. The number of amides is 1. The molecule has 0 saturated heterocycles. The van der Waals surface area contributed by atoms with Gasteiger partial charge in [0.25, 0.3) is 0 Å². The van der Waals surface area contributed by atoms with Crippen molar-refractivity contribution in [3.05, 3.63) is 0 Å². The molecule has 1 aliphatic rings. The number of carboxylic acids is 1. The van der Waals surface area contributed by atoms with Crippen molar-refractivity contribution in [1.82, 2.24) is 5.32 Å². The zero-order valence-electron chi connectivity index (χ0n) is 11.8. The molecule has 0 bridgehead atoms. The normalized spacial score (nSPS) is 25.1. The van der Waals surface area contributed by atoms with Crippen LogP contribution in [0.1, 0.15) is 52.4 Å². The molecule has 110 valence electrons. The minimum atomic E-state index is -0.994. The summed E-state index contributed by atoms with van der Waals surface area (Å²) in [6.07, 6.45) is 3.85. The fraction of sp³-hybridized carbons (Fsp3) is 0.857. The summed E-state index contributed by atoms with van der Waals surface area (Å²) in [6, 6.07) is -0.826. The molecule has 0 aliphatic heterocycles. The molecule has 0 aromatic carbocycles. The Bertz CT molecular complexity index is 317. The first-order valence-corrected chi connectivity index (χ1v) is 7.10. The van der Waals surface area contributed by atoms with Crippen LogP contribution in [0.4, 0.5) is 0 Å². The molecular formula is C14H25NO4. The van der Waals surface area contributed by atoms with E-state index in [9.17, 15) is 14.7 Å². The maximum absolute atomic E-state index is 11.9. The minimum absolute atomic E-state index is 0.0257. The third kappa shape index (κ3) is 5.59. The van der Waals surface area contributed by atoms with Crippen LogP contribution >= 0.6 is 0 Å². The van der Waals surface area contributed by atoms with E-state index in [1.54, 1.807) is 0 Å². The number of aliphatic hydroxyl groups is 1. The lowest BCUT2D eigenvalue weighted by atomic mass is 9.84. The van der Waals surface area contributed by atoms with Gasteiger partial charge in [0.2, 0.25) is 5.91 Å². The standard InChI is InChI=1S/C14H25NO4/c1-9(2)7-11(14(18)19)15-13(17)8-10-5-3-4-6-12(10)16/h9-12,16H,3-8H2,1-2H3,(H,15,17)(H,18,19)/t10-,11-,12+/m0/s1. The largest absolute Gasteiger partial charge is 0.480 e. The van der Waals surface area contributed by atoms with Crippen LogP contribution in [0.5, 0.6) is 0 Å². The Kier molecular flexibility index (Phi) is 6.28. The minimum Gasteiger partial charge on any atom is -0.480 e. The topological polar surface area (TPSA) is 86.6 Å². The van der Waals surface area contributed by atoms with Crippen LogP contribution in [0.2, 0.25) is 0 Å². The Hall–Kier alpha value is -1.10. The van der Waals surface area contributed by atoms with Gasteiger partial charge in [0.1, 0.15) is 6.04 Å². The molecule has 1 amide bonds. The van der Waals surface area contributed by atoms with E-state index in [0.717, 1.165) is 25.7 Å². The predicted octanol–water partition coefficient (Wildman–Crippen LogP) is 1.54. The number of rotatable bonds is 6. The molecule has 3 N–H and O–H groups in total. The summed E-state index contributed by atoms with van der Waals surface area (Å²) < 4.78 is 0. The van der Waals surface area contributed by atoms with Crippen LogP contribution < -0.4 is 5.32 Å². The first-order valence-electron chi connectivity index (χ1n) is 7.10. The van der Waals surface area contributed by atoms with E-state index in [4.69, 9.17) is 5.11 Å². The van der Waals surface area contributed by atoms with E-state index in [1.807, 2.05) is 13.8 Å². The van der Waals surface area contributed by atoms with Crippen molar-refractivity contribution in [2.75, 3.05) is 0 Å². The van der Waals surface area contributed by atoms with Gasteiger partial charge in [-0.3, -0.25) is 4.79 Å². The number of aliphatic hydroxyl groups excluding tert-OH is 1. The third-order valence-corrected chi connectivity index (χ3v) is 3.66. The molecule has 0 aromatic heterocycles. The van der Waals surface area contributed by atoms with Gasteiger partial charge >= 0.3 is 5.97 Å². The van der Waals surface area contributed by atoms with Gasteiger partial charge in [-0.05, 0) is 31.1 Å². The van der Waals surface area contributed by atoms with Crippen molar-refractivity contribution in [2.45, 2.75) is 64.5 Å². The van der Waals surface area contributed by atoms with Crippen LogP contribution in [0, 0.1) is 11.8 Å². The highest BCUT2D eigenvalue weighted by Gasteiger charge is 2.27. The van der Waals surface area contributed by atoms with Gasteiger partial charge < -0.3 is 15.5 Å². The molecule has 0 spiro atoms. The molecule has 0 radical (unpaired) electrons. The summed E-state index contributed by atoms with van der Waals surface area (Å²) in [4.78, 5) is 22.9. The van der Waals surface area contributed by atoms with Gasteiger partial charge in [-0.15, -0.1) is 0 Å². The van der Waals surface area contributed by atoms with Crippen molar-refractivity contribution in [1.29, 1.82) is 0 Å². The lowest BCUT2D eigenvalue weighted by Gasteiger charge is -2.27. The highest BCUT2D eigenvalue weighted by atomic mass is 16.4. The predicted molar refractivity (Wildman–Crippen MR) is 71.6 cm³/mol. The molecule has 5 heteroatoms. The zero-order chi connectivity index (χ0) is 14.4. The van der Waals surface area contributed by atoms with Crippen LogP contribution in [-0.4, -0.2) is 34.2 Å². The van der Waals surface area contributed by atoms with Gasteiger partial charge in [0.15, 0.2) is 0 Å². The number of carbonyl (C=O) groups excluding carboxylic acids is 1. The number of carbonyl (C=O) groups is 2. The summed E-state index contributed by atoms with van der Waals surface area (Å²) in [6.45, 7) is 3.85. The molecule has 0 unspecified atom stereocenters. The Morgan fingerprint density at radius 3 is 2.42 bits per heavy atom. The molecule has 1 fully saturated rings. The molecule has 0 heterocycles. The highest BCUT2D eigenvalue weighted by Crippen LogP contribution is 2.26. The Morgan fingerprint density at radius 1 is 1.26 bits per heavy atom. The zero-order valence-corrected chi connectivity index (χ0v) is 11.8. The Balaban J connectivity index is 2.45. The molecule has 1 saturated carbocycles. The van der Waals surface area contributed by atoms with Crippen molar-refractivity contribution in [3.8, 4) is 0 Å². The number of nitrogens with one attached hydrogen (secondary N) is 1. The van der Waals surface area contributed by atoms with Crippen LogP contribution in [-0.2, 0) is 9.59 Å². The highest BCUT2D eigenvalue weighted by molar-refractivity contribution is 5.83. The summed E-state index contributed by atoms with van der Waals surface area (Å²) in [5, 5.41) is 21.4. The molecule has 19 heavy (non-hydrogen) atoms. The maximum Gasteiger partial charge on any atom is 0.326 e. The van der Waals surface area contributed by atoms with Crippen molar-refractivity contribution >= 4 is 11.9 Å². The smallest absolute Gasteiger partial charge is 0.326 e. The third-order valence-electron chi connectivity index (χ3n) is 3.66.